The summed E-state index contributed by atoms with van der Waals surface area (Å²) in [6.45, 7) is 1.14. The Morgan fingerprint density at radius 3 is 2.32 bits per heavy atom. The van der Waals surface area contributed by atoms with Gasteiger partial charge in [0, 0.05) is 0 Å². The van der Waals surface area contributed by atoms with Gasteiger partial charge in [0.1, 0.15) is 0 Å². The molecule has 1 amide bonds. The number of carbonyl (C=O) groups is 1. The Morgan fingerprint density at radius 2 is 1.84 bits per heavy atom. The second kappa shape index (κ2) is 5.17. The monoisotopic (exact) mass is 296 g/mol. The number of alkyl halides is 3. The minimum absolute atomic E-state index is 0.642. The number of nitrogens with one attached hydrogen (secondary N) is 1. The Balaban J connectivity index is 3.27. The standard InChI is InChI=1S/C10H11F3N2O3S/c1-6(9(14)16)15-19(17,18)8-5-3-2-4-7(8)10(11,12)13/h2-6,15H,1H3,(H2,14,16). The van der Waals surface area contributed by atoms with E-state index >= 15 is 0 Å². The van der Waals surface area contributed by atoms with Crippen molar-refractivity contribution in [2.45, 2.75) is 24.0 Å². The molecule has 0 aromatic heterocycles. The second-order valence-corrected chi connectivity index (χ2v) is 5.42. The van der Waals surface area contributed by atoms with E-state index in [1.807, 2.05) is 0 Å². The van der Waals surface area contributed by atoms with Crippen LogP contribution in [0, 0.1) is 0 Å². The molecule has 0 heterocycles. The normalized spacial score (nSPS) is 14.1. The van der Waals surface area contributed by atoms with Crippen molar-refractivity contribution >= 4 is 15.9 Å². The zero-order chi connectivity index (χ0) is 14.8. The lowest BCUT2D eigenvalue weighted by atomic mass is 10.2. The first kappa shape index (κ1) is 15.4. The van der Waals surface area contributed by atoms with Gasteiger partial charge in [-0.3, -0.25) is 4.79 Å². The lowest BCUT2D eigenvalue weighted by Gasteiger charge is -2.15. The molecule has 3 N–H and O–H groups in total. The second-order valence-electron chi connectivity index (χ2n) is 3.74. The fourth-order valence-corrected chi connectivity index (χ4v) is 2.73. The van der Waals surface area contributed by atoms with Gasteiger partial charge in [-0.2, -0.15) is 17.9 Å². The van der Waals surface area contributed by atoms with Crippen LogP contribution in [0.25, 0.3) is 0 Å². The van der Waals surface area contributed by atoms with E-state index in [0.717, 1.165) is 25.1 Å². The number of primary amides is 1. The van der Waals surface area contributed by atoms with E-state index in [1.54, 1.807) is 4.72 Å². The molecule has 0 fully saturated rings. The molecule has 0 spiro atoms. The van der Waals surface area contributed by atoms with Crippen molar-refractivity contribution in [2.24, 2.45) is 5.73 Å². The summed E-state index contributed by atoms with van der Waals surface area (Å²) in [5.74, 6) is -0.993. The van der Waals surface area contributed by atoms with Crippen molar-refractivity contribution in [2.75, 3.05) is 0 Å². The molecule has 0 aliphatic heterocycles. The van der Waals surface area contributed by atoms with Gasteiger partial charge in [0.2, 0.25) is 15.9 Å². The van der Waals surface area contributed by atoms with Crippen LogP contribution in [-0.2, 0) is 21.0 Å². The van der Waals surface area contributed by atoms with Gasteiger partial charge in [-0.1, -0.05) is 12.1 Å². The van der Waals surface area contributed by atoms with Crippen molar-refractivity contribution < 1.29 is 26.4 Å². The molecule has 1 atom stereocenters. The van der Waals surface area contributed by atoms with Crippen LogP contribution in [0.1, 0.15) is 12.5 Å². The third-order valence-corrected chi connectivity index (χ3v) is 3.84. The minimum atomic E-state index is -4.82. The Labute approximate surface area is 107 Å². The predicted molar refractivity (Wildman–Crippen MR) is 60.4 cm³/mol. The molecule has 0 aliphatic rings. The summed E-state index contributed by atoms with van der Waals surface area (Å²) < 4.78 is 63.4. The number of amides is 1. The number of sulfonamides is 1. The zero-order valence-corrected chi connectivity index (χ0v) is 10.5. The molecule has 0 radical (unpaired) electrons. The van der Waals surface area contributed by atoms with Crippen LogP contribution in [0.15, 0.2) is 29.2 Å². The Morgan fingerprint density at radius 1 is 1.32 bits per heavy atom. The lowest BCUT2D eigenvalue weighted by Crippen LogP contribution is -2.42. The predicted octanol–water partition coefficient (Wildman–Crippen LogP) is 0.858. The smallest absolute Gasteiger partial charge is 0.368 e. The fourth-order valence-electron chi connectivity index (χ4n) is 1.29. The molecule has 0 aliphatic carbocycles. The molecule has 0 saturated heterocycles. The number of benzene rings is 1. The summed E-state index contributed by atoms with van der Waals surface area (Å²) in [6.07, 6.45) is -4.82. The van der Waals surface area contributed by atoms with Gasteiger partial charge in [0.25, 0.3) is 0 Å². The van der Waals surface area contributed by atoms with E-state index in [4.69, 9.17) is 5.73 Å². The van der Waals surface area contributed by atoms with E-state index in [2.05, 4.69) is 0 Å². The van der Waals surface area contributed by atoms with Gasteiger partial charge in [-0.15, -0.1) is 0 Å². The van der Waals surface area contributed by atoms with Gasteiger partial charge >= 0.3 is 6.18 Å². The first-order valence-electron chi connectivity index (χ1n) is 5.03. The van der Waals surface area contributed by atoms with E-state index in [0.29, 0.717) is 6.07 Å². The zero-order valence-electron chi connectivity index (χ0n) is 9.73. The largest absolute Gasteiger partial charge is 0.417 e. The molecule has 1 rings (SSSR count). The molecule has 19 heavy (non-hydrogen) atoms. The van der Waals surface area contributed by atoms with Crippen molar-refractivity contribution in [1.82, 2.24) is 4.72 Å². The molecular weight excluding hydrogens is 285 g/mol. The van der Waals surface area contributed by atoms with Gasteiger partial charge < -0.3 is 5.73 Å². The van der Waals surface area contributed by atoms with Crippen molar-refractivity contribution in [3.05, 3.63) is 29.8 Å². The lowest BCUT2D eigenvalue weighted by molar-refractivity contribution is -0.139. The van der Waals surface area contributed by atoms with Crippen molar-refractivity contribution in [3.63, 3.8) is 0 Å². The first-order chi connectivity index (χ1) is 8.55. The number of hydrogen-bond donors (Lipinski definition) is 2. The summed E-state index contributed by atoms with van der Waals surface area (Å²) in [5, 5.41) is 0. The highest BCUT2D eigenvalue weighted by molar-refractivity contribution is 7.89. The van der Waals surface area contributed by atoms with E-state index in [-0.39, 0.29) is 0 Å². The number of nitrogens with two attached hydrogens (primary N) is 1. The highest BCUT2D eigenvalue weighted by Gasteiger charge is 2.37. The number of carbonyl (C=O) groups excluding carboxylic acids is 1. The van der Waals surface area contributed by atoms with E-state index in [1.165, 1.54) is 0 Å². The summed E-state index contributed by atoms with van der Waals surface area (Å²) in [7, 11) is -4.49. The van der Waals surface area contributed by atoms with Crippen LogP contribution in [0.4, 0.5) is 13.2 Å². The maximum Gasteiger partial charge on any atom is 0.417 e. The van der Waals surface area contributed by atoms with Crippen LogP contribution in [0.3, 0.4) is 0 Å². The molecule has 0 saturated carbocycles. The van der Waals surface area contributed by atoms with Gasteiger partial charge in [-0.25, -0.2) is 8.42 Å². The van der Waals surface area contributed by atoms with Gasteiger partial charge in [0.05, 0.1) is 16.5 Å². The van der Waals surface area contributed by atoms with Crippen LogP contribution in [-0.4, -0.2) is 20.4 Å². The van der Waals surface area contributed by atoms with E-state index in [9.17, 15) is 26.4 Å². The molecule has 1 unspecified atom stereocenters. The summed E-state index contributed by atoms with van der Waals surface area (Å²) in [5.41, 5.74) is 3.55. The molecule has 5 nitrogen and oxygen atoms in total. The third kappa shape index (κ3) is 3.67. The Kier molecular flexibility index (Phi) is 4.21. The topological polar surface area (TPSA) is 89.3 Å². The average Bonchev–Trinajstić information content (AvgIpc) is 2.27. The molecule has 1 aromatic carbocycles. The number of hydrogen-bond acceptors (Lipinski definition) is 3. The molecule has 106 valence electrons. The molecular formula is C10H11F3N2O3S. The maximum absolute atomic E-state index is 12.7. The van der Waals surface area contributed by atoms with Gasteiger partial charge in [-0.05, 0) is 19.1 Å². The van der Waals surface area contributed by atoms with Crippen LogP contribution < -0.4 is 10.5 Å². The summed E-state index contributed by atoms with van der Waals surface area (Å²) in [4.78, 5) is 9.81. The fraction of sp³-hybridized carbons (Fsp3) is 0.300. The highest BCUT2D eigenvalue weighted by Crippen LogP contribution is 2.33. The Hall–Kier alpha value is -1.61. The SMILES string of the molecule is CC(NS(=O)(=O)c1ccccc1C(F)(F)F)C(N)=O. The molecule has 0 bridgehead atoms. The third-order valence-electron chi connectivity index (χ3n) is 2.24. The first-order valence-corrected chi connectivity index (χ1v) is 6.52. The number of halogens is 3. The highest BCUT2D eigenvalue weighted by atomic mass is 32.2. The molecule has 9 heteroatoms. The maximum atomic E-state index is 12.7. The summed E-state index contributed by atoms with van der Waals surface area (Å²) >= 11 is 0. The van der Waals surface area contributed by atoms with Crippen LogP contribution >= 0.6 is 0 Å². The average molecular weight is 296 g/mol. The summed E-state index contributed by atoms with van der Waals surface area (Å²) in [6, 6.07) is 2.35. The van der Waals surface area contributed by atoms with E-state index < -0.39 is 38.6 Å². The van der Waals surface area contributed by atoms with Gasteiger partial charge in [0.15, 0.2) is 0 Å². The minimum Gasteiger partial charge on any atom is -0.368 e. The quantitative estimate of drug-likeness (QED) is 0.863. The Bertz CT molecular complexity index is 584. The molecule has 1 aromatic rings. The van der Waals surface area contributed by atoms with Crippen molar-refractivity contribution in [1.29, 1.82) is 0 Å². The van der Waals surface area contributed by atoms with Crippen LogP contribution in [0.2, 0.25) is 0 Å². The van der Waals surface area contributed by atoms with Crippen LogP contribution in [0.5, 0.6) is 0 Å². The van der Waals surface area contributed by atoms with Crippen molar-refractivity contribution in [3.8, 4) is 0 Å². The number of rotatable bonds is 4.